The number of pyridine rings is 1. The lowest BCUT2D eigenvalue weighted by atomic mass is 10.2. The first-order chi connectivity index (χ1) is 5.29. The number of hydrogen-bond donors (Lipinski definition) is 0. The Morgan fingerprint density at radius 1 is 1.64 bits per heavy atom. The van der Waals surface area contributed by atoms with Gasteiger partial charge < -0.3 is 4.74 Å². The standard InChI is InChI=1S/C9H12NO/c1-8(2)7-11-9-4-3-5-10-6-9/h4-6,8H,7H2,1-2H3. The van der Waals surface area contributed by atoms with Crippen LogP contribution in [-0.4, -0.2) is 11.6 Å². The van der Waals surface area contributed by atoms with Gasteiger partial charge in [0.2, 0.25) is 0 Å². The minimum absolute atomic E-state index is 0.551. The molecular weight excluding hydrogens is 138 g/mol. The monoisotopic (exact) mass is 150 g/mol. The molecule has 0 N–H and O–H groups in total. The zero-order valence-electron chi connectivity index (χ0n) is 6.87. The SMILES string of the molecule is CC(C)COc1c[c]cnc1. The maximum absolute atomic E-state index is 5.37. The summed E-state index contributed by atoms with van der Waals surface area (Å²) in [5.74, 6) is 1.34. The average molecular weight is 150 g/mol. The lowest BCUT2D eigenvalue weighted by Crippen LogP contribution is -2.04. The van der Waals surface area contributed by atoms with Gasteiger partial charge in [0.15, 0.2) is 0 Å². The van der Waals surface area contributed by atoms with Crippen LogP contribution >= 0.6 is 0 Å². The van der Waals surface area contributed by atoms with E-state index in [2.05, 4.69) is 24.9 Å². The van der Waals surface area contributed by atoms with E-state index in [1.165, 1.54) is 0 Å². The summed E-state index contributed by atoms with van der Waals surface area (Å²) in [5, 5.41) is 0. The predicted octanol–water partition coefficient (Wildman–Crippen LogP) is 1.92. The molecule has 0 aliphatic rings. The Labute approximate surface area is 67.2 Å². The summed E-state index contributed by atoms with van der Waals surface area (Å²) >= 11 is 0. The zero-order valence-corrected chi connectivity index (χ0v) is 6.87. The summed E-state index contributed by atoms with van der Waals surface area (Å²) < 4.78 is 5.37. The fraction of sp³-hybridized carbons (Fsp3) is 0.444. The molecule has 1 heterocycles. The fourth-order valence-corrected chi connectivity index (χ4v) is 0.652. The van der Waals surface area contributed by atoms with Gasteiger partial charge in [0.05, 0.1) is 12.8 Å². The van der Waals surface area contributed by atoms with Crippen molar-refractivity contribution < 1.29 is 4.74 Å². The van der Waals surface area contributed by atoms with E-state index in [9.17, 15) is 0 Å². The molecule has 1 aromatic rings. The molecule has 0 saturated heterocycles. The van der Waals surface area contributed by atoms with Crippen molar-refractivity contribution in [3.05, 3.63) is 24.5 Å². The van der Waals surface area contributed by atoms with Gasteiger partial charge in [-0.05, 0) is 12.0 Å². The zero-order chi connectivity index (χ0) is 8.10. The molecule has 1 aromatic heterocycles. The van der Waals surface area contributed by atoms with Gasteiger partial charge in [0, 0.05) is 12.3 Å². The second-order valence-corrected chi connectivity index (χ2v) is 2.83. The van der Waals surface area contributed by atoms with Crippen LogP contribution in [0.15, 0.2) is 18.5 Å². The summed E-state index contributed by atoms with van der Waals surface area (Å²) in [6, 6.07) is 4.64. The first-order valence-electron chi connectivity index (χ1n) is 3.73. The summed E-state index contributed by atoms with van der Waals surface area (Å²) in [7, 11) is 0. The van der Waals surface area contributed by atoms with Crippen LogP contribution in [0.4, 0.5) is 0 Å². The lowest BCUT2D eigenvalue weighted by Gasteiger charge is -2.06. The van der Waals surface area contributed by atoms with E-state index in [0.717, 1.165) is 12.4 Å². The maximum Gasteiger partial charge on any atom is 0.138 e. The molecule has 1 radical (unpaired) electrons. The van der Waals surface area contributed by atoms with Crippen LogP contribution in [-0.2, 0) is 0 Å². The highest BCUT2D eigenvalue weighted by atomic mass is 16.5. The van der Waals surface area contributed by atoms with E-state index < -0.39 is 0 Å². The van der Waals surface area contributed by atoms with E-state index >= 15 is 0 Å². The van der Waals surface area contributed by atoms with E-state index in [1.54, 1.807) is 18.5 Å². The Morgan fingerprint density at radius 2 is 2.45 bits per heavy atom. The molecule has 0 amide bonds. The molecule has 0 bridgehead atoms. The van der Waals surface area contributed by atoms with E-state index in [0.29, 0.717) is 5.92 Å². The third kappa shape index (κ3) is 3.03. The number of nitrogens with zero attached hydrogens (tertiary/aromatic N) is 1. The van der Waals surface area contributed by atoms with Crippen molar-refractivity contribution in [3.63, 3.8) is 0 Å². The van der Waals surface area contributed by atoms with Crippen molar-refractivity contribution in [2.24, 2.45) is 5.92 Å². The molecule has 11 heavy (non-hydrogen) atoms. The molecule has 1 rings (SSSR count). The first-order valence-corrected chi connectivity index (χ1v) is 3.73. The van der Waals surface area contributed by atoms with Crippen molar-refractivity contribution in [1.82, 2.24) is 4.98 Å². The second kappa shape index (κ2) is 3.96. The minimum atomic E-state index is 0.551. The van der Waals surface area contributed by atoms with Crippen molar-refractivity contribution >= 4 is 0 Å². The molecule has 0 aliphatic heterocycles. The quantitative estimate of drug-likeness (QED) is 0.656. The maximum atomic E-state index is 5.37. The highest BCUT2D eigenvalue weighted by Crippen LogP contribution is 2.06. The van der Waals surface area contributed by atoms with E-state index in [-0.39, 0.29) is 0 Å². The highest BCUT2D eigenvalue weighted by Gasteiger charge is 1.94. The smallest absolute Gasteiger partial charge is 0.138 e. The van der Waals surface area contributed by atoms with Crippen LogP contribution in [0.1, 0.15) is 13.8 Å². The summed E-state index contributed by atoms with van der Waals surface area (Å²) in [4.78, 5) is 3.88. The molecule has 2 heteroatoms. The minimum Gasteiger partial charge on any atom is -0.492 e. The van der Waals surface area contributed by atoms with Gasteiger partial charge in [-0.3, -0.25) is 4.98 Å². The summed E-state index contributed by atoms with van der Waals surface area (Å²) in [6.45, 7) is 4.96. The molecule has 0 saturated carbocycles. The highest BCUT2D eigenvalue weighted by molar-refractivity contribution is 5.14. The van der Waals surface area contributed by atoms with Crippen LogP contribution in [0.2, 0.25) is 0 Å². The lowest BCUT2D eigenvalue weighted by molar-refractivity contribution is 0.270. The third-order valence-corrected chi connectivity index (χ3v) is 1.16. The van der Waals surface area contributed by atoms with Gasteiger partial charge in [-0.15, -0.1) is 0 Å². The molecule has 0 fully saturated rings. The summed E-state index contributed by atoms with van der Waals surface area (Å²) in [6.07, 6.45) is 3.31. The normalized spacial score (nSPS) is 10.1. The van der Waals surface area contributed by atoms with E-state index in [1.807, 2.05) is 0 Å². The van der Waals surface area contributed by atoms with Crippen molar-refractivity contribution in [2.45, 2.75) is 13.8 Å². The van der Waals surface area contributed by atoms with Crippen molar-refractivity contribution in [2.75, 3.05) is 6.61 Å². The number of aromatic nitrogens is 1. The molecule has 0 aliphatic carbocycles. The predicted molar refractivity (Wildman–Crippen MR) is 43.4 cm³/mol. The molecule has 0 unspecified atom stereocenters. The molecule has 2 nitrogen and oxygen atoms in total. The number of hydrogen-bond acceptors (Lipinski definition) is 2. The Bertz CT molecular complexity index is 196. The van der Waals surface area contributed by atoms with Gasteiger partial charge in [-0.1, -0.05) is 13.8 Å². The molecule has 0 spiro atoms. The Balaban J connectivity index is 2.39. The van der Waals surface area contributed by atoms with Crippen LogP contribution < -0.4 is 4.74 Å². The fourth-order valence-electron chi connectivity index (χ4n) is 0.652. The van der Waals surface area contributed by atoms with Crippen LogP contribution in [0.3, 0.4) is 0 Å². The van der Waals surface area contributed by atoms with Crippen molar-refractivity contribution in [1.29, 1.82) is 0 Å². The molecule has 0 atom stereocenters. The van der Waals surface area contributed by atoms with Crippen LogP contribution in [0.25, 0.3) is 0 Å². The van der Waals surface area contributed by atoms with Crippen LogP contribution in [0, 0.1) is 12.0 Å². The average Bonchev–Trinajstić information content (AvgIpc) is 2.03. The first kappa shape index (κ1) is 8.05. The van der Waals surface area contributed by atoms with Gasteiger partial charge in [-0.2, -0.15) is 0 Å². The second-order valence-electron chi connectivity index (χ2n) is 2.83. The summed E-state index contributed by atoms with van der Waals surface area (Å²) in [5.41, 5.74) is 0. The largest absolute Gasteiger partial charge is 0.492 e. The van der Waals surface area contributed by atoms with E-state index in [4.69, 9.17) is 4.74 Å². The number of ether oxygens (including phenoxy) is 1. The van der Waals surface area contributed by atoms with Gasteiger partial charge in [-0.25, -0.2) is 0 Å². The Morgan fingerprint density at radius 3 is 3.00 bits per heavy atom. The molecular formula is C9H12NO. The number of rotatable bonds is 3. The van der Waals surface area contributed by atoms with Gasteiger partial charge in [0.1, 0.15) is 5.75 Å². The van der Waals surface area contributed by atoms with Gasteiger partial charge in [0.25, 0.3) is 0 Å². The topological polar surface area (TPSA) is 22.1 Å². The van der Waals surface area contributed by atoms with Crippen molar-refractivity contribution in [3.8, 4) is 5.75 Å². The molecule has 59 valence electrons. The Hall–Kier alpha value is -1.05. The Kier molecular flexibility index (Phi) is 2.90. The van der Waals surface area contributed by atoms with Gasteiger partial charge >= 0.3 is 0 Å². The third-order valence-electron chi connectivity index (χ3n) is 1.16. The van der Waals surface area contributed by atoms with Crippen LogP contribution in [0.5, 0.6) is 5.75 Å². The molecule has 0 aromatic carbocycles.